The van der Waals surface area contributed by atoms with Gasteiger partial charge in [0.15, 0.2) is 11.5 Å². The van der Waals surface area contributed by atoms with Gasteiger partial charge in [-0.2, -0.15) is 0 Å². The van der Waals surface area contributed by atoms with Gasteiger partial charge in [-0.1, -0.05) is 18.2 Å². The van der Waals surface area contributed by atoms with Crippen LogP contribution >= 0.6 is 11.8 Å². The van der Waals surface area contributed by atoms with E-state index in [1.807, 2.05) is 50.2 Å². The van der Waals surface area contributed by atoms with Crippen LogP contribution in [-0.4, -0.2) is 37.3 Å². The first-order valence-electron chi connectivity index (χ1n) is 9.18. The van der Waals surface area contributed by atoms with Gasteiger partial charge in [-0.3, -0.25) is 9.59 Å². The quantitative estimate of drug-likeness (QED) is 0.728. The lowest BCUT2D eigenvalue weighted by molar-refractivity contribution is -0.122. The molecular formula is C21H24N2O4S. The van der Waals surface area contributed by atoms with Crippen LogP contribution in [0.25, 0.3) is 0 Å². The number of para-hydroxylation sites is 1. The summed E-state index contributed by atoms with van der Waals surface area (Å²) in [7, 11) is 0. The van der Waals surface area contributed by atoms with E-state index in [1.54, 1.807) is 0 Å². The summed E-state index contributed by atoms with van der Waals surface area (Å²) in [5, 5.41) is 5.51. The first kappa shape index (κ1) is 20.1. The molecule has 2 amide bonds. The van der Waals surface area contributed by atoms with Crippen LogP contribution in [0.5, 0.6) is 11.5 Å². The van der Waals surface area contributed by atoms with E-state index < -0.39 is 0 Å². The number of amides is 2. The number of nitrogens with one attached hydrogen (secondary N) is 2. The summed E-state index contributed by atoms with van der Waals surface area (Å²) >= 11 is 1.39. The first-order chi connectivity index (χ1) is 13.5. The standard InChI is InChI=1S/C21H24N2O4S/c1-14-5-3-6-15(2)21(14)23-19(24)12-22-20(25)13-28-16-7-8-17-18(11-16)27-10-4-9-26-17/h3,5-8,11H,4,9-10,12-13H2,1-2H3,(H,22,25)(H,23,24). The van der Waals surface area contributed by atoms with Gasteiger partial charge in [-0.05, 0) is 43.2 Å². The van der Waals surface area contributed by atoms with Crippen molar-refractivity contribution >= 4 is 29.3 Å². The molecule has 0 saturated heterocycles. The molecule has 1 aliphatic rings. The fraction of sp³-hybridized carbons (Fsp3) is 0.333. The van der Waals surface area contributed by atoms with Crippen molar-refractivity contribution in [2.75, 3.05) is 30.8 Å². The second-order valence-corrected chi connectivity index (χ2v) is 7.59. The van der Waals surface area contributed by atoms with Gasteiger partial charge in [0.25, 0.3) is 0 Å². The Labute approximate surface area is 169 Å². The molecule has 0 unspecified atom stereocenters. The zero-order chi connectivity index (χ0) is 19.9. The smallest absolute Gasteiger partial charge is 0.243 e. The van der Waals surface area contributed by atoms with Crippen LogP contribution in [0.1, 0.15) is 17.5 Å². The summed E-state index contributed by atoms with van der Waals surface area (Å²) < 4.78 is 11.3. The van der Waals surface area contributed by atoms with E-state index in [1.165, 1.54) is 11.8 Å². The highest BCUT2D eigenvalue weighted by atomic mass is 32.2. The number of rotatable bonds is 6. The molecule has 2 N–H and O–H groups in total. The summed E-state index contributed by atoms with van der Waals surface area (Å²) in [6, 6.07) is 11.5. The van der Waals surface area contributed by atoms with Gasteiger partial charge in [0, 0.05) is 17.0 Å². The van der Waals surface area contributed by atoms with E-state index in [0.29, 0.717) is 19.0 Å². The molecule has 2 aromatic rings. The maximum Gasteiger partial charge on any atom is 0.243 e. The molecule has 0 saturated carbocycles. The third kappa shape index (κ3) is 5.42. The molecule has 1 aliphatic heterocycles. The molecule has 0 atom stereocenters. The predicted octanol–water partition coefficient (Wildman–Crippen LogP) is 3.31. The van der Waals surface area contributed by atoms with Crippen molar-refractivity contribution in [2.24, 2.45) is 0 Å². The zero-order valence-corrected chi connectivity index (χ0v) is 16.9. The number of aryl methyl sites for hydroxylation is 2. The molecular weight excluding hydrogens is 376 g/mol. The number of hydrogen-bond donors (Lipinski definition) is 2. The van der Waals surface area contributed by atoms with Crippen LogP contribution in [0.2, 0.25) is 0 Å². The van der Waals surface area contributed by atoms with Crippen molar-refractivity contribution in [2.45, 2.75) is 25.2 Å². The lowest BCUT2D eigenvalue weighted by Crippen LogP contribution is -2.34. The largest absolute Gasteiger partial charge is 0.490 e. The molecule has 0 bridgehead atoms. The predicted molar refractivity (Wildman–Crippen MR) is 110 cm³/mol. The maximum absolute atomic E-state index is 12.1. The molecule has 0 aliphatic carbocycles. The monoisotopic (exact) mass is 400 g/mol. The Hall–Kier alpha value is -2.67. The van der Waals surface area contributed by atoms with Crippen molar-refractivity contribution in [3.63, 3.8) is 0 Å². The van der Waals surface area contributed by atoms with Crippen molar-refractivity contribution in [3.8, 4) is 11.5 Å². The highest BCUT2D eigenvalue weighted by Gasteiger charge is 2.13. The number of fused-ring (bicyclic) bond motifs is 1. The van der Waals surface area contributed by atoms with Gasteiger partial charge >= 0.3 is 0 Å². The average molecular weight is 401 g/mol. The molecule has 0 fully saturated rings. The van der Waals surface area contributed by atoms with E-state index in [9.17, 15) is 9.59 Å². The van der Waals surface area contributed by atoms with Gasteiger partial charge in [-0.25, -0.2) is 0 Å². The Morgan fingerprint density at radius 1 is 1.00 bits per heavy atom. The highest BCUT2D eigenvalue weighted by Crippen LogP contribution is 2.33. The Bertz CT molecular complexity index is 849. The van der Waals surface area contributed by atoms with E-state index >= 15 is 0 Å². The topological polar surface area (TPSA) is 76.7 Å². The minimum atomic E-state index is -0.244. The Kier molecular flexibility index (Phi) is 6.81. The van der Waals surface area contributed by atoms with Gasteiger partial charge < -0.3 is 20.1 Å². The van der Waals surface area contributed by atoms with E-state index in [0.717, 1.165) is 33.9 Å². The first-order valence-corrected chi connectivity index (χ1v) is 10.2. The van der Waals surface area contributed by atoms with Crippen molar-refractivity contribution in [3.05, 3.63) is 47.5 Å². The number of hydrogen-bond acceptors (Lipinski definition) is 5. The Morgan fingerprint density at radius 2 is 1.71 bits per heavy atom. The average Bonchev–Trinajstić information content (AvgIpc) is 2.92. The number of carbonyl (C=O) groups excluding carboxylic acids is 2. The zero-order valence-electron chi connectivity index (χ0n) is 16.0. The Balaban J connectivity index is 1.46. The van der Waals surface area contributed by atoms with Gasteiger partial charge in [0.2, 0.25) is 11.8 Å². The molecule has 6 nitrogen and oxygen atoms in total. The van der Waals surface area contributed by atoms with Gasteiger partial charge in [0.05, 0.1) is 25.5 Å². The summed E-state index contributed by atoms with van der Waals surface area (Å²) in [5.41, 5.74) is 2.78. The maximum atomic E-state index is 12.1. The second kappa shape index (κ2) is 9.50. The van der Waals surface area contributed by atoms with Gasteiger partial charge in [0.1, 0.15) is 0 Å². The van der Waals surface area contributed by atoms with Crippen molar-refractivity contribution < 1.29 is 19.1 Å². The van der Waals surface area contributed by atoms with Crippen molar-refractivity contribution in [1.82, 2.24) is 5.32 Å². The molecule has 0 aromatic heterocycles. The second-order valence-electron chi connectivity index (χ2n) is 6.54. The summed E-state index contributed by atoms with van der Waals surface area (Å²) in [4.78, 5) is 25.1. The summed E-state index contributed by atoms with van der Waals surface area (Å²) in [5.74, 6) is 1.21. The molecule has 0 spiro atoms. The van der Waals surface area contributed by atoms with Crippen LogP contribution in [-0.2, 0) is 9.59 Å². The number of thioether (sulfide) groups is 1. The van der Waals surface area contributed by atoms with Crippen LogP contribution in [0.3, 0.4) is 0 Å². The SMILES string of the molecule is Cc1cccc(C)c1NC(=O)CNC(=O)CSc1ccc2c(c1)OCCCO2. The third-order valence-corrected chi connectivity index (χ3v) is 5.27. The molecule has 0 radical (unpaired) electrons. The summed E-state index contributed by atoms with van der Waals surface area (Å²) in [6.45, 7) is 5.08. The lowest BCUT2D eigenvalue weighted by Gasteiger charge is -2.12. The van der Waals surface area contributed by atoms with Crippen LogP contribution in [0.4, 0.5) is 5.69 Å². The minimum absolute atomic E-state index is 0.0612. The summed E-state index contributed by atoms with van der Waals surface area (Å²) in [6.07, 6.45) is 0.851. The fourth-order valence-corrected chi connectivity index (χ4v) is 3.56. The third-order valence-electron chi connectivity index (χ3n) is 4.28. The van der Waals surface area contributed by atoms with Crippen LogP contribution in [0, 0.1) is 13.8 Å². The lowest BCUT2D eigenvalue weighted by atomic mass is 10.1. The molecule has 7 heteroatoms. The molecule has 2 aromatic carbocycles. The van der Waals surface area contributed by atoms with E-state index in [-0.39, 0.29) is 24.1 Å². The number of anilines is 1. The molecule has 1 heterocycles. The number of benzene rings is 2. The number of carbonyl (C=O) groups is 2. The fourth-order valence-electron chi connectivity index (χ4n) is 2.81. The van der Waals surface area contributed by atoms with Crippen molar-refractivity contribution in [1.29, 1.82) is 0 Å². The molecule has 148 valence electrons. The molecule has 3 rings (SSSR count). The number of ether oxygens (including phenoxy) is 2. The normalized spacial score (nSPS) is 12.8. The Morgan fingerprint density at radius 3 is 2.46 bits per heavy atom. The van der Waals surface area contributed by atoms with Crippen LogP contribution in [0.15, 0.2) is 41.3 Å². The van der Waals surface area contributed by atoms with Gasteiger partial charge in [-0.15, -0.1) is 11.8 Å². The van der Waals surface area contributed by atoms with Crippen LogP contribution < -0.4 is 20.1 Å². The van der Waals surface area contributed by atoms with E-state index in [4.69, 9.17) is 9.47 Å². The van der Waals surface area contributed by atoms with E-state index in [2.05, 4.69) is 10.6 Å². The highest BCUT2D eigenvalue weighted by molar-refractivity contribution is 8.00. The molecule has 28 heavy (non-hydrogen) atoms. The minimum Gasteiger partial charge on any atom is -0.490 e.